The molecule has 104 valence electrons. The summed E-state index contributed by atoms with van der Waals surface area (Å²) in [6.45, 7) is 0.253. The fourth-order valence-corrected chi connectivity index (χ4v) is 3.52. The van der Waals surface area contributed by atoms with Gasteiger partial charge in [-0.15, -0.1) is 0 Å². The van der Waals surface area contributed by atoms with E-state index < -0.39 is 9.05 Å². The summed E-state index contributed by atoms with van der Waals surface area (Å²) in [5, 5.41) is 0.506. The Bertz CT molecular complexity index is 595. The quantitative estimate of drug-likeness (QED) is 0.589. The van der Waals surface area contributed by atoms with Crippen molar-refractivity contribution in [2.24, 2.45) is 5.92 Å². The lowest BCUT2D eigenvalue weighted by molar-refractivity contribution is -0.117. The Hall–Kier alpha value is -0.930. The Labute approximate surface area is 119 Å². The van der Waals surface area contributed by atoms with Crippen molar-refractivity contribution in [1.82, 2.24) is 15.0 Å². The van der Waals surface area contributed by atoms with Crippen LogP contribution < -0.4 is 4.90 Å². The molecule has 0 saturated carbocycles. The third kappa shape index (κ3) is 3.77. The second-order valence-electron chi connectivity index (χ2n) is 4.05. The van der Waals surface area contributed by atoms with Crippen LogP contribution in [0, 0.1) is 5.92 Å². The van der Waals surface area contributed by atoms with Gasteiger partial charge in [0.2, 0.25) is 20.9 Å². The van der Waals surface area contributed by atoms with Crippen molar-refractivity contribution in [1.29, 1.82) is 0 Å². The van der Waals surface area contributed by atoms with E-state index in [0.29, 0.717) is 5.16 Å². The number of hydrogen-bond donors (Lipinski definition) is 0. The molecule has 2 heterocycles. The van der Waals surface area contributed by atoms with E-state index in [1.807, 2.05) is 6.26 Å². The highest BCUT2D eigenvalue weighted by Gasteiger charge is 2.34. The van der Waals surface area contributed by atoms with Gasteiger partial charge in [-0.3, -0.25) is 9.69 Å². The van der Waals surface area contributed by atoms with Crippen molar-refractivity contribution < 1.29 is 13.2 Å². The number of hydrogen-bond acceptors (Lipinski definition) is 7. The normalized spacial score (nSPS) is 20.0. The molecule has 19 heavy (non-hydrogen) atoms. The predicted octanol–water partition coefficient (Wildman–Crippen LogP) is 0.515. The molecule has 1 fully saturated rings. The van der Waals surface area contributed by atoms with Gasteiger partial charge in [-0.05, 0) is 6.26 Å². The van der Waals surface area contributed by atoms with Crippen molar-refractivity contribution in [3.05, 3.63) is 6.33 Å². The van der Waals surface area contributed by atoms with E-state index in [1.54, 1.807) is 0 Å². The summed E-state index contributed by atoms with van der Waals surface area (Å²) < 4.78 is 22.1. The molecule has 1 aromatic heterocycles. The van der Waals surface area contributed by atoms with Gasteiger partial charge in [-0.25, -0.2) is 18.4 Å². The van der Waals surface area contributed by atoms with Crippen molar-refractivity contribution in [2.75, 3.05) is 23.5 Å². The molecule has 10 heteroatoms. The maximum Gasteiger partial charge on any atom is 0.236 e. The molecule has 0 bridgehead atoms. The van der Waals surface area contributed by atoms with Crippen LogP contribution in [0.15, 0.2) is 11.5 Å². The topological polar surface area (TPSA) is 93.1 Å². The average molecular weight is 323 g/mol. The van der Waals surface area contributed by atoms with Gasteiger partial charge in [-0.1, -0.05) is 11.8 Å². The molecule has 1 atom stereocenters. The lowest BCUT2D eigenvalue weighted by Gasteiger charge is -2.13. The number of anilines is 1. The van der Waals surface area contributed by atoms with Crippen molar-refractivity contribution in [2.45, 2.75) is 11.6 Å². The van der Waals surface area contributed by atoms with E-state index >= 15 is 0 Å². The van der Waals surface area contributed by atoms with Gasteiger partial charge >= 0.3 is 0 Å². The molecule has 0 aliphatic carbocycles. The highest BCUT2D eigenvalue weighted by atomic mass is 35.7. The number of aromatic nitrogens is 3. The van der Waals surface area contributed by atoms with Crippen LogP contribution in [0.5, 0.6) is 0 Å². The second kappa shape index (κ2) is 5.59. The third-order valence-corrected chi connectivity index (χ3v) is 4.41. The lowest BCUT2D eigenvalue weighted by Crippen LogP contribution is -2.27. The number of nitrogens with zero attached hydrogens (tertiary/aromatic N) is 4. The van der Waals surface area contributed by atoms with Gasteiger partial charge in [0.15, 0.2) is 5.16 Å². The smallest absolute Gasteiger partial charge is 0.236 e. The van der Waals surface area contributed by atoms with Gasteiger partial charge in [0.25, 0.3) is 0 Å². The molecule has 2 rings (SSSR count). The summed E-state index contributed by atoms with van der Waals surface area (Å²) in [6.07, 6.45) is 3.27. The zero-order valence-electron chi connectivity index (χ0n) is 9.98. The first kappa shape index (κ1) is 14.5. The molecule has 1 amide bonds. The predicted molar refractivity (Wildman–Crippen MR) is 71.7 cm³/mol. The fourth-order valence-electron chi connectivity index (χ4n) is 1.87. The van der Waals surface area contributed by atoms with Crippen molar-refractivity contribution in [3.8, 4) is 0 Å². The first-order valence-electron chi connectivity index (χ1n) is 5.35. The van der Waals surface area contributed by atoms with Crippen molar-refractivity contribution >= 4 is 43.4 Å². The van der Waals surface area contributed by atoms with Gasteiger partial charge in [0.05, 0.1) is 5.75 Å². The van der Waals surface area contributed by atoms with Crippen LogP contribution >= 0.6 is 22.4 Å². The molecule has 0 spiro atoms. The van der Waals surface area contributed by atoms with Crippen LogP contribution in [0.2, 0.25) is 0 Å². The molecule has 7 nitrogen and oxygen atoms in total. The second-order valence-corrected chi connectivity index (χ2v) is 7.65. The molecule has 1 aliphatic rings. The number of carbonyl (C=O) groups is 1. The van der Waals surface area contributed by atoms with E-state index in [2.05, 4.69) is 15.0 Å². The van der Waals surface area contributed by atoms with Crippen molar-refractivity contribution in [3.63, 3.8) is 0 Å². The molecule has 1 aliphatic heterocycles. The minimum absolute atomic E-state index is 0.131. The van der Waals surface area contributed by atoms with Crippen LogP contribution in [0.1, 0.15) is 6.42 Å². The Balaban J connectivity index is 2.15. The SMILES string of the molecule is CSc1ncnc(N2CC(CS(=O)(=O)Cl)CC2=O)n1. The van der Waals surface area contributed by atoms with E-state index in [-0.39, 0.29) is 36.5 Å². The summed E-state index contributed by atoms with van der Waals surface area (Å²) in [6, 6.07) is 0. The molecule has 1 saturated heterocycles. The molecule has 0 aromatic carbocycles. The minimum atomic E-state index is -3.61. The first-order chi connectivity index (χ1) is 8.89. The van der Waals surface area contributed by atoms with E-state index in [9.17, 15) is 13.2 Å². The Morgan fingerprint density at radius 1 is 1.53 bits per heavy atom. The standard InChI is InChI=1S/C9H11ClN4O3S2/c1-18-9-12-5-11-8(13-9)14-3-6(2-7(14)15)4-19(10,16)17/h5-6H,2-4H2,1H3. The van der Waals surface area contributed by atoms with E-state index in [1.165, 1.54) is 23.0 Å². The minimum Gasteiger partial charge on any atom is -0.280 e. The number of amides is 1. The number of halogens is 1. The van der Waals surface area contributed by atoms with E-state index in [0.717, 1.165) is 0 Å². The summed E-state index contributed by atoms with van der Waals surface area (Å²) in [5.74, 6) is -0.510. The number of thioether (sulfide) groups is 1. The molecule has 0 N–H and O–H groups in total. The average Bonchev–Trinajstić information content (AvgIpc) is 2.68. The maximum atomic E-state index is 11.9. The summed E-state index contributed by atoms with van der Waals surface area (Å²) in [7, 11) is 1.59. The lowest BCUT2D eigenvalue weighted by atomic mass is 10.1. The summed E-state index contributed by atoms with van der Waals surface area (Å²) in [4.78, 5) is 25.2. The molecular weight excluding hydrogens is 312 g/mol. The number of rotatable bonds is 4. The van der Waals surface area contributed by atoms with Crippen LogP contribution in [0.4, 0.5) is 5.95 Å². The monoisotopic (exact) mass is 322 g/mol. The first-order valence-corrected chi connectivity index (χ1v) is 9.05. The molecule has 0 radical (unpaired) electrons. The van der Waals surface area contributed by atoms with Gasteiger partial charge in [0, 0.05) is 29.6 Å². The van der Waals surface area contributed by atoms with Crippen LogP contribution in [0.25, 0.3) is 0 Å². The summed E-state index contributed by atoms with van der Waals surface area (Å²) >= 11 is 1.34. The Kier molecular flexibility index (Phi) is 4.26. The number of carbonyl (C=O) groups excluding carboxylic acids is 1. The highest BCUT2D eigenvalue weighted by molar-refractivity contribution is 8.13. The van der Waals surface area contributed by atoms with Crippen LogP contribution in [0.3, 0.4) is 0 Å². The third-order valence-electron chi connectivity index (χ3n) is 2.60. The highest BCUT2D eigenvalue weighted by Crippen LogP contribution is 2.24. The molecular formula is C9H11ClN4O3S2. The zero-order valence-corrected chi connectivity index (χ0v) is 12.4. The molecule has 1 unspecified atom stereocenters. The van der Waals surface area contributed by atoms with E-state index in [4.69, 9.17) is 10.7 Å². The molecule has 1 aromatic rings. The Morgan fingerprint density at radius 3 is 2.89 bits per heavy atom. The van der Waals surface area contributed by atoms with Gasteiger partial charge in [0.1, 0.15) is 6.33 Å². The van der Waals surface area contributed by atoms with Gasteiger partial charge < -0.3 is 0 Å². The zero-order chi connectivity index (χ0) is 14.0. The fraction of sp³-hybridized carbons (Fsp3) is 0.556. The Morgan fingerprint density at radius 2 is 2.26 bits per heavy atom. The van der Waals surface area contributed by atoms with Gasteiger partial charge in [-0.2, -0.15) is 4.98 Å². The maximum absolute atomic E-state index is 11.9. The largest absolute Gasteiger partial charge is 0.280 e. The van der Waals surface area contributed by atoms with Crippen LogP contribution in [-0.4, -0.2) is 47.8 Å². The van der Waals surface area contributed by atoms with Crippen LogP contribution in [-0.2, 0) is 13.8 Å². The summed E-state index contributed by atoms with van der Waals surface area (Å²) in [5.41, 5.74) is 0.